The lowest BCUT2D eigenvalue weighted by Crippen LogP contribution is -2.20. The highest BCUT2D eigenvalue weighted by molar-refractivity contribution is 6.33. The Balaban J connectivity index is 1.88. The zero-order valence-electron chi connectivity index (χ0n) is 12.8. The third-order valence-corrected chi connectivity index (χ3v) is 3.32. The molecule has 1 amide bonds. The van der Waals surface area contributed by atoms with E-state index in [9.17, 15) is 19.7 Å². The number of nitrogens with one attached hydrogen (secondary N) is 1. The van der Waals surface area contributed by atoms with E-state index in [1.807, 2.05) is 18.2 Å². The van der Waals surface area contributed by atoms with Gasteiger partial charge in [-0.1, -0.05) is 41.9 Å². The lowest BCUT2D eigenvalue weighted by atomic mass is 10.2. The maximum atomic E-state index is 11.8. The first-order chi connectivity index (χ1) is 12.0. The summed E-state index contributed by atoms with van der Waals surface area (Å²) in [4.78, 5) is 33.5. The van der Waals surface area contributed by atoms with Crippen LogP contribution in [-0.2, 0) is 14.3 Å². The predicted octanol–water partition coefficient (Wildman–Crippen LogP) is 3.44. The summed E-state index contributed by atoms with van der Waals surface area (Å²) >= 11 is 5.87. The van der Waals surface area contributed by atoms with Crippen molar-refractivity contribution in [3.8, 4) is 0 Å². The van der Waals surface area contributed by atoms with Gasteiger partial charge in [0, 0.05) is 18.2 Å². The van der Waals surface area contributed by atoms with E-state index in [2.05, 4.69) is 5.32 Å². The minimum absolute atomic E-state index is 0.0664. The lowest BCUT2D eigenvalue weighted by Gasteiger charge is -2.07. The van der Waals surface area contributed by atoms with Gasteiger partial charge in [-0.15, -0.1) is 0 Å². The zero-order valence-corrected chi connectivity index (χ0v) is 13.6. The number of halogens is 1. The van der Waals surface area contributed by atoms with Crippen LogP contribution < -0.4 is 5.32 Å². The number of carbonyl (C=O) groups excluding carboxylic acids is 2. The second-order valence-corrected chi connectivity index (χ2v) is 5.23. The molecular weight excluding hydrogens is 348 g/mol. The first-order valence-electron chi connectivity index (χ1n) is 7.09. The molecule has 25 heavy (non-hydrogen) atoms. The molecule has 0 heterocycles. The summed E-state index contributed by atoms with van der Waals surface area (Å²) in [6, 6.07) is 12.7. The second kappa shape index (κ2) is 8.60. The summed E-state index contributed by atoms with van der Waals surface area (Å²) in [5.74, 6) is -1.35. The van der Waals surface area contributed by atoms with Crippen LogP contribution in [0, 0.1) is 10.1 Å². The van der Waals surface area contributed by atoms with E-state index in [-0.39, 0.29) is 16.4 Å². The fourth-order valence-electron chi connectivity index (χ4n) is 1.82. The summed E-state index contributed by atoms with van der Waals surface area (Å²) in [7, 11) is 0. The fourth-order valence-corrected chi connectivity index (χ4v) is 1.99. The zero-order chi connectivity index (χ0) is 18.2. The number of anilines is 1. The molecule has 0 saturated carbocycles. The molecule has 0 unspecified atom stereocenters. The number of amides is 1. The van der Waals surface area contributed by atoms with E-state index in [1.54, 1.807) is 18.2 Å². The first kappa shape index (κ1) is 18.2. The fraction of sp³-hybridized carbons (Fsp3) is 0.0588. The Labute approximate surface area is 148 Å². The molecule has 0 spiro atoms. The Bertz CT molecular complexity index is 821. The number of nitro benzene ring substituents is 1. The van der Waals surface area contributed by atoms with E-state index >= 15 is 0 Å². The number of hydrogen-bond donors (Lipinski definition) is 1. The summed E-state index contributed by atoms with van der Waals surface area (Å²) < 4.78 is 4.80. The Morgan fingerprint density at radius 2 is 1.92 bits per heavy atom. The molecule has 2 aromatic carbocycles. The first-order valence-corrected chi connectivity index (χ1v) is 7.47. The number of non-ortho nitro benzene ring substituents is 1. The molecule has 8 heteroatoms. The van der Waals surface area contributed by atoms with Crippen molar-refractivity contribution in [2.45, 2.75) is 0 Å². The van der Waals surface area contributed by atoms with Crippen LogP contribution in [0.25, 0.3) is 6.08 Å². The molecule has 0 bridgehead atoms. The molecule has 0 aliphatic rings. The molecule has 0 aromatic heterocycles. The van der Waals surface area contributed by atoms with Crippen molar-refractivity contribution in [3.63, 3.8) is 0 Å². The largest absolute Gasteiger partial charge is 0.452 e. The van der Waals surface area contributed by atoms with Gasteiger partial charge in [0.1, 0.15) is 0 Å². The van der Waals surface area contributed by atoms with Crippen LogP contribution in [0.3, 0.4) is 0 Å². The van der Waals surface area contributed by atoms with Crippen LogP contribution >= 0.6 is 11.6 Å². The lowest BCUT2D eigenvalue weighted by molar-refractivity contribution is -0.384. The molecule has 0 saturated heterocycles. The number of carbonyl (C=O) groups is 2. The van der Waals surface area contributed by atoms with E-state index in [0.717, 1.165) is 11.6 Å². The predicted molar refractivity (Wildman–Crippen MR) is 93.2 cm³/mol. The van der Waals surface area contributed by atoms with Crippen LogP contribution in [0.15, 0.2) is 54.6 Å². The minimum atomic E-state index is -0.691. The number of ether oxygens (including phenoxy) is 1. The van der Waals surface area contributed by atoms with Crippen molar-refractivity contribution in [1.82, 2.24) is 0 Å². The SMILES string of the molecule is O=C(COC(=O)/C=C/c1ccccc1)Nc1cc([N+](=O)[O-])ccc1Cl. The molecule has 2 rings (SSSR count). The maximum Gasteiger partial charge on any atom is 0.331 e. The van der Waals surface area contributed by atoms with Gasteiger partial charge in [-0.2, -0.15) is 0 Å². The highest BCUT2D eigenvalue weighted by atomic mass is 35.5. The van der Waals surface area contributed by atoms with Crippen molar-refractivity contribution >= 4 is 40.9 Å². The van der Waals surface area contributed by atoms with Gasteiger partial charge >= 0.3 is 5.97 Å². The Morgan fingerprint density at radius 3 is 2.60 bits per heavy atom. The number of benzene rings is 2. The Hall–Kier alpha value is -3.19. The maximum absolute atomic E-state index is 11.8. The average Bonchev–Trinajstić information content (AvgIpc) is 2.60. The van der Waals surface area contributed by atoms with Crippen LogP contribution in [0.4, 0.5) is 11.4 Å². The molecule has 128 valence electrons. The minimum Gasteiger partial charge on any atom is -0.452 e. The van der Waals surface area contributed by atoms with Crippen molar-refractivity contribution in [1.29, 1.82) is 0 Å². The summed E-state index contributed by atoms with van der Waals surface area (Å²) in [5, 5.41) is 13.2. The number of hydrogen-bond acceptors (Lipinski definition) is 5. The molecule has 0 aliphatic carbocycles. The second-order valence-electron chi connectivity index (χ2n) is 4.82. The molecule has 0 fully saturated rings. The Morgan fingerprint density at radius 1 is 1.20 bits per heavy atom. The topological polar surface area (TPSA) is 98.5 Å². The van der Waals surface area contributed by atoms with Gasteiger partial charge in [-0.05, 0) is 17.7 Å². The quantitative estimate of drug-likeness (QED) is 0.368. The van der Waals surface area contributed by atoms with Gasteiger partial charge in [0.15, 0.2) is 6.61 Å². The molecule has 0 aliphatic heterocycles. The van der Waals surface area contributed by atoms with Gasteiger partial charge in [-0.3, -0.25) is 14.9 Å². The molecule has 2 aromatic rings. The van der Waals surface area contributed by atoms with E-state index in [0.29, 0.717) is 0 Å². The molecule has 0 radical (unpaired) electrons. The summed E-state index contributed by atoms with van der Waals surface area (Å²) in [5.41, 5.74) is 0.659. The molecular formula is C17H13ClN2O5. The molecule has 0 atom stereocenters. The van der Waals surface area contributed by atoms with Gasteiger partial charge < -0.3 is 10.1 Å². The van der Waals surface area contributed by atoms with Gasteiger partial charge in [0.2, 0.25) is 0 Å². The standard InChI is InChI=1S/C17H13ClN2O5/c18-14-8-7-13(20(23)24)10-15(14)19-16(21)11-25-17(22)9-6-12-4-2-1-3-5-12/h1-10H,11H2,(H,19,21)/b9-6+. The van der Waals surface area contributed by atoms with Crippen LogP contribution in [0.2, 0.25) is 5.02 Å². The highest BCUT2D eigenvalue weighted by Gasteiger charge is 2.13. The third-order valence-electron chi connectivity index (χ3n) is 2.99. The normalized spacial score (nSPS) is 10.4. The van der Waals surface area contributed by atoms with Crippen molar-refractivity contribution in [2.24, 2.45) is 0 Å². The van der Waals surface area contributed by atoms with Crippen molar-refractivity contribution in [2.75, 3.05) is 11.9 Å². The Kier molecular flexibility index (Phi) is 6.25. The van der Waals surface area contributed by atoms with E-state index < -0.39 is 23.4 Å². The molecule has 7 nitrogen and oxygen atoms in total. The number of nitrogens with zero attached hydrogens (tertiary/aromatic N) is 1. The smallest absolute Gasteiger partial charge is 0.331 e. The number of rotatable bonds is 6. The monoisotopic (exact) mass is 360 g/mol. The highest BCUT2D eigenvalue weighted by Crippen LogP contribution is 2.26. The van der Waals surface area contributed by atoms with E-state index in [4.69, 9.17) is 16.3 Å². The van der Waals surface area contributed by atoms with E-state index in [1.165, 1.54) is 18.2 Å². The summed E-state index contributed by atoms with van der Waals surface area (Å²) in [6.45, 7) is -0.545. The third kappa shape index (κ3) is 5.74. The van der Waals surface area contributed by atoms with Crippen LogP contribution in [0.1, 0.15) is 5.56 Å². The van der Waals surface area contributed by atoms with Crippen molar-refractivity contribution in [3.05, 3.63) is 75.3 Å². The van der Waals surface area contributed by atoms with Gasteiger partial charge in [0.05, 0.1) is 15.6 Å². The van der Waals surface area contributed by atoms with Crippen molar-refractivity contribution < 1.29 is 19.2 Å². The van der Waals surface area contributed by atoms with Gasteiger partial charge in [-0.25, -0.2) is 4.79 Å². The van der Waals surface area contributed by atoms with Crippen LogP contribution in [0.5, 0.6) is 0 Å². The average molecular weight is 361 g/mol. The van der Waals surface area contributed by atoms with Crippen LogP contribution in [-0.4, -0.2) is 23.4 Å². The van der Waals surface area contributed by atoms with Gasteiger partial charge in [0.25, 0.3) is 11.6 Å². The summed E-state index contributed by atoms with van der Waals surface area (Å²) in [6.07, 6.45) is 2.75. The number of esters is 1. The number of nitro groups is 1. The molecule has 1 N–H and O–H groups in total.